The minimum Gasteiger partial charge on any atom is -0.468 e. The van der Waals surface area contributed by atoms with Gasteiger partial charge in [0, 0.05) is 6.61 Å². The van der Waals surface area contributed by atoms with Gasteiger partial charge in [0.2, 0.25) is 0 Å². The van der Waals surface area contributed by atoms with E-state index in [1.54, 1.807) is 0 Å². The maximum absolute atomic E-state index is 13.0. The van der Waals surface area contributed by atoms with Crippen molar-refractivity contribution in [1.29, 1.82) is 0 Å². The van der Waals surface area contributed by atoms with E-state index < -0.39 is 11.6 Å². The van der Waals surface area contributed by atoms with Gasteiger partial charge in [-0.25, -0.2) is 0 Å². The normalized spacial score (nSPS) is 12.3. The molecule has 35 heavy (non-hydrogen) atoms. The van der Waals surface area contributed by atoms with Crippen molar-refractivity contribution >= 4 is 5.97 Å². The molecule has 0 aliphatic heterocycles. The van der Waals surface area contributed by atoms with E-state index in [1.807, 2.05) is 54.6 Å². The molecule has 0 bridgehead atoms. The van der Waals surface area contributed by atoms with Crippen LogP contribution in [0.3, 0.4) is 0 Å². The van der Waals surface area contributed by atoms with Gasteiger partial charge >= 0.3 is 5.97 Å². The van der Waals surface area contributed by atoms with Crippen molar-refractivity contribution in [2.24, 2.45) is 0 Å². The zero-order valence-electron chi connectivity index (χ0n) is 21.1. The zero-order valence-corrected chi connectivity index (χ0v) is 21.1. The van der Waals surface area contributed by atoms with E-state index in [0.717, 1.165) is 29.5 Å². The predicted molar refractivity (Wildman–Crippen MR) is 142 cm³/mol. The molecule has 0 saturated heterocycles. The molecular weight excluding hydrogens is 434 g/mol. The lowest BCUT2D eigenvalue weighted by Crippen LogP contribution is -2.54. The van der Waals surface area contributed by atoms with E-state index in [0.29, 0.717) is 6.61 Å². The Labute approximate surface area is 210 Å². The first-order chi connectivity index (χ1) is 17.2. The van der Waals surface area contributed by atoms with Crippen LogP contribution in [0.2, 0.25) is 0 Å². The highest BCUT2D eigenvalue weighted by Crippen LogP contribution is 2.37. The Bertz CT molecular complexity index is 879. The summed E-state index contributed by atoms with van der Waals surface area (Å²) in [6.07, 6.45) is 7.19. The molecule has 0 saturated carbocycles. The van der Waals surface area contributed by atoms with E-state index in [2.05, 4.69) is 48.6 Å². The zero-order chi connectivity index (χ0) is 24.8. The molecule has 0 radical (unpaired) electrons. The van der Waals surface area contributed by atoms with E-state index in [9.17, 15) is 4.79 Å². The Balaban J connectivity index is 1.89. The van der Waals surface area contributed by atoms with E-state index in [1.165, 1.54) is 32.8 Å². The van der Waals surface area contributed by atoms with Gasteiger partial charge in [0.1, 0.15) is 6.04 Å². The third-order valence-corrected chi connectivity index (χ3v) is 6.42. The minimum absolute atomic E-state index is 0.246. The summed E-state index contributed by atoms with van der Waals surface area (Å²) in [5.74, 6) is -0.333. The number of hydrogen-bond acceptors (Lipinski definition) is 4. The van der Waals surface area contributed by atoms with Gasteiger partial charge in [-0.05, 0) is 23.1 Å². The predicted octanol–water partition coefficient (Wildman–Crippen LogP) is 6.49. The lowest BCUT2D eigenvalue weighted by Gasteiger charge is -2.39. The fraction of sp³-hybridized carbons (Fsp3) is 0.387. The Morgan fingerprint density at radius 2 is 1.20 bits per heavy atom. The maximum atomic E-state index is 13.0. The van der Waals surface area contributed by atoms with Crippen LogP contribution in [-0.4, -0.2) is 32.3 Å². The molecule has 3 aromatic carbocycles. The minimum atomic E-state index is -0.758. The molecule has 0 heterocycles. The van der Waals surface area contributed by atoms with Crippen molar-refractivity contribution in [2.45, 2.75) is 57.0 Å². The Hall–Kier alpha value is -2.95. The second-order valence-electron chi connectivity index (χ2n) is 8.91. The van der Waals surface area contributed by atoms with E-state index in [-0.39, 0.29) is 12.6 Å². The highest BCUT2D eigenvalue weighted by molar-refractivity contribution is 5.76. The summed E-state index contributed by atoms with van der Waals surface area (Å²) in [4.78, 5) is 13.0. The summed E-state index contributed by atoms with van der Waals surface area (Å²) in [6.45, 7) is 3.11. The van der Waals surface area contributed by atoms with Gasteiger partial charge in [-0.3, -0.25) is 10.1 Å². The number of methoxy groups -OCH3 is 1. The highest BCUT2D eigenvalue weighted by Gasteiger charge is 2.40. The Morgan fingerprint density at radius 1 is 0.743 bits per heavy atom. The number of benzene rings is 3. The number of esters is 1. The van der Waals surface area contributed by atoms with Crippen LogP contribution in [0.1, 0.15) is 62.1 Å². The molecule has 3 rings (SSSR count). The smallest absolute Gasteiger partial charge is 0.325 e. The lowest BCUT2D eigenvalue weighted by molar-refractivity contribution is -0.145. The monoisotopic (exact) mass is 473 g/mol. The van der Waals surface area contributed by atoms with Crippen molar-refractivity contribution in [3.05, 3.63) is 108 Å². The average molecular weight is 474 g/mol. The van der Waals surface area contributed by atoms with Gasteiger partial charge in [0.05, 0.1) is 19.3 Å². The molecule has 0 spiro atoms. The van der Waals surface area contributed by atoms with Crippen molar-refractivity contribution in [3.8, 4) is 0 Å². The molecule has 1 N–H and O–H groups in total. The SMILES string of the molecule is CCCCCCCCOC[C@H](NC(c1ccccc1)(c1ccccc1)c1ccccc1)C(=O)OC. The first-order valence-corrected chi connectivity index (χ1v) is 12.8. The second-order valence-corrected chi connectivity index (χ2v) is 8.91. The lowest BCUT2D eigenvalue weighted by atomic mass is 9.76. The number of hydrogen-bond donors (Lipinski definition) is 1. The van der Waals surface area contributed by atoms with Crippen molar-refractivity contribution in [1.82, 2.24) is 5.32 Å². The second kappa shape index (κ2) is 14.4. The third kappa shape index (κ3) is 7.27. The quantitative estimate of drug-likeness (QED) is 0.156. The molecular formula is C31H39NO3. The highest BCUT2D eigenvalue weighted by atomic mass is 16.5. The molecule has 3 aromatic rings. The fourth-order valence-corrected chi connectivity index (χ4v) is 4.57. The van der Waals surface area contributed by atoms with Crippen LogP contribution in [0.15, 0.2) is 91.0 Å². The summed E-state index contributed by atoms with van der Waals surface area (Å²) < 4.78 is 11.2. The molecule has 0 aliphatic carbocycles. The average Bonchev–Trinajstić information content (AvgIpc) is 2.93. The first-order valence-electron chi connectivity index (χ1n) is 12.8. The largest absolute Gasteiger partial charge is 0.468 e. The number of carbonyl (C=O) groups is 1. The summed E-state index contributed by atoms with van der Waals surface area (Å²) >= 11 is 0. The van der Waals surface area contributed by atoms with Gasteiger partial charge in [-0.2, -0.15) is 0 Å². The summed E-state index contributed by atoms with van der Waals surface area (Å²) in [7, 11) is 1.43. The number of rotatable bonds is 15. The molecule has 0 unspecified atom stereocenters. The van der Waals surface area contributed by atoms with Crippen molar-refractivity contribution in [2.75, 3.05) is 20.3 Å². The molecule has 186 valence electrons. The molecule has 0 aliphatic rings. The maximum Gasteiger partial charge on any atom is 0.325 e. The number of carbonyl (C=O) groups excluding carboxylic acids is 1. The van der Waals surface area contributed by atoms with Crippen LogP contribution in [0, 0.1) is 0 Å². The van der Waals surface area contributed by atoms with Gasteiger partial charge in [-0.15, -0.1) is 0 Å². The summed E-state index contributed by atoms with van der Waals surface area (Å²) in [5, 5.41) is 3.69. The first kappa shape index (κ1) is 26.7. The standard InChI is InChI=1S/C31H39NO3/c1-3-4-5-6-7-17-24-35-25-29(30(33)34-2)32-31(26-18-11-8-12-19-26,27-20-13-9-14-21-27)28-22-15-10-16-23-28/h8-16,18-23,29,32H,3-7,17,24-25H2,1-2H3/t29-/m0/s1. The van der Waals surface area contributed by atoms with Gasteiger partial charge in [0.15, 0.2) is 0 Å². The van der Waals surface area contributed by atoms with Crippen LogP contribution in [0.25, 0.3) is 0 Å². The van der Waals surface area contributed by atoms with Gasteiger partial charge < -0.3 is 9.47 Å². The van der Waals surface area contributed by atoms with Gasteiger partial charge in [-0.1, -0.05) is 130 Å². The Kier molecular flexibility index (Phi) is 11.0. The number of unbranched alkanes of at least 4 members (excludes halogenated alkanes) is 5. The number of nitrogens with one attached hydrogen (secondary N) is 1. The molecule has 0 fully saturated rings. The summed E-state index contributed by atoms with van der Waals surface area (Å²) in [5.41, 5.74) is 2.37. The summed E-state index contributed by atoms with van der Waals surface area (Å²) in [6, 6.07) is 30.1. The fourth-order valence-electron chi connectivity index (χ4n) is 4.57. The number of ether oxygens (including phenoxy) is 2. The third-order valence-electron chi connectivity index (χ3n) is 6.42. The van der Waals surface area contributed by atoms with Crippen LogP contribution in [0.5, 0.6) is 0 Å². The topological polar surface area (TPSA) is 47.6 Å². The van der Waals surface area contributed by atoms with Crippen LogP contribution < -0.4 is 5.32 Å². The van der Waals surface area contributed by atoms with E-state index >= 15 is 0 Å². The van der Waals surface area contributed by atoms with Crippen molar-refractivity contribution < 1.29 is 14.3 Å². The molecule has 4 heteroatoms. The van der Waals surface area contributed by atoms with Gasteiger partial charge in [0.25, 0.3) is 0 Å². The molecule has 4 nitrogen and oxygen atoms in total. The van der Waals surface area contributed by atoms with Crippen LogP contribution >= 0.6 is 0 Å². The Morgan fingerprint density at radius 3 is 1.66 bits per heavy atom. The molecule has 1 atom stereocenters. The molecule has 0 aromatic heterocycles. The van der Waals surface area contributed by atoms with Crippen LogP contribution in [-0.2, 0) is 19.8 Å². The van der Waals surface area contributed by atoms with Crippen molar-refractivity contribution in [3.63, 3.8) is 0 Å². The van der Waals surface area contributed by atoms with E-state index in [4.69, 9.17) is 9.47 Å². The van der Waals surface area contributed by atoms with Crippen LogP contribution in [0.4, 0.5) is 0 Å². The molecule has 0 amide bonds.